The lowest BCUT2D eigenvalue weighted by molar-refractivity contribution is -0.749. The number of amidine groups is 1. The molecule has 9 nitrogen and oxygen atoms in total. The normalized spacial score (nSPS) is 20.6. The van der Waals surface area contributed by atoms with E-state index >= 15 is 0 Å². The number of quaternary nitrogens is 1. The molecule has 2 aliphatic heterocycles. The molecule has 0 saturated heterocycles. The monoisotopic (exact) mass is 460 g/mol. The number of aliphatic imine (C=N–C) groups is 2. The lowest BCUT2D eigenvalue weighted by Crippen LogP contribution is -2.56. The molecule has 3 amide bonds. The Morgan fingerprint density at radius 3 is 2.62 bits per heavy atom. The third kappa shape index (κ3) is 4.36. The lowest BCUT2D eigenvalue weighted by atomic mass is 10.2. The molecule has 2 aromatic rings. The van der Waals surface area contributed by atoms with Gasteiger partial charge in [-0.2, -0.15) is 10.8 Å². The number of fused-ring (bicyclic) bond motifs is 1. The van der Waals surface area contributed by atoms with E-state index in [9.17, 15) is 14.0 Å². The van der Waals surface area contributed by atoms with E-state index in [2.05, 4.69) is 25.9 Å². The number of nitrogens with one attached hydrogen (secondary N) is 3. The summed E-state index contributed by atoms with van der Waals surface area (Å²) in [7, 11) is 0. The number of hydrogen-bond donors (Lipinski definition) is 4. The van der Waals surface area contributed by atoms with Crippen molar-refractivity contribution in [2.75, 3.05) is 10.6 Å². The van der Waals surface area contributed by atoms with Crippen LogP contribution in [0.5, 0.6) is 0 Å². The number of carbonyl (C=O) groups is 2. The molecule has 2 aromatic carbocycles. The van der Waals surface area contributed by atoms with E-state index in [-0.39, 0.29) is 17.0 Å². The Kier molecular flexibility index (Phi) is 5.52. The van der Waals surface area contributed by atoms with Crippen molar-refractivity contribution in [3.8, 4) is 0 Å². The van der Waals surface area contributed by atoms with Crippen molar-refractivity contribution in [3.63, 3.8) is 0 Å². The molecular formula is C24H23FN7O2+. The van der Waals surface area contributed by atoms with E-state index < -0.39 is 17.8 Å². The Morgan fingerprint density at radius 1 is 1.09 bits per heavy atom. The van der Waals surface area contributed by atoms with Gasteiger partial charge in [0.25, 0.3) is 0 Å². The largest absolute Gasteiger partial charge is 0.334 e. The van der Waals surface area contributed by atoms with Crippen LogP contribution in [-0.4, -0.2) is 28.6 Å². The lowest BCUT2D eigenvalue weighted by Gasteiger charge is -2.25. The van der Waals surface area contributed by atoms with Crippen molar-refractivity contribution >= 4 is 35.4 Å². The Balaban J connectivity index is 1.23. The molecule has 1 fully saturated rings. The summed E-state index contributed by atoms with van der Waals surface area (Å²) in [5, 5.41) is 8.14. The number of benzene rings is 2. The molecule has 1 aliphatic carbocycles. The maximum Gasteiger partial charge on any atom is 0.333 e. The van der Waals surface area contributed by atoms with Crippen LogP contribution >= 0.6 is 0 Å². The maximum absolute atomic E-state index is 13.3. The molecule has 172 valence electrons. The quantitative estimate of drug-likeness (QED) is 0.391. The van der Waals surface area contributed by atoms with Gasteiger partial charge in [-0.1, -0.05) is 18.2 Å². The first-order chi connectivity index (χ1) is 16.4. The van der Waals surface area contributed by atoms with Gasteiger partial charge in [0.2, 0.25) is 5.70 Å². The van der Waals surface area contributed by atoms with Gasteiger partial charge in [0.05, 0.1) is 12.4 Å². The highest BCUT2D eigenvalue weighted by Gasteiger charge is 2.50. The third-order valence-electron chi connectivity index (χ3n) is 5.71. The number of allylic oxidation sites excluding steroid dienone is 2. The number of halogens is 1. The Bertz CT molecular complexity index is 1300. The van der Waals surface area contributed by atoms with E-state index in [0.29, 0.717) is 17.3 Å². The standard InChI is InChI=1S/C24H22FN7O2/c25-17-4-2-6-19(12-17)30-24(34)28-13-15-3-1-5-18(11-15)29-23(33)22-31-21(16-7-8-16)20-14-27-9-10-32(20,22)26/h1-6,9-12,14,16H,7-8,13,26H2,(H2-,28,29,30,33,34)/p+1. The average Bonchev–Trinajstić information content (AvgIpc) is 3.60. The molecule has 0 radical (unpaired) electrons. The van der Waals surface area contributed by atoms with E-state index in [1.54, 1.807) is 42.9 Å². The topological polar surface area (TPSA) is 121 Å². The van der Waals surface area contributed by atoms with Crippen LogP contribution in [-0.2, 0) is 11.3 Å². The van der Waals surface area contributed by atoms with Gasteiger partial charge in [0.15, 0.2) is 0 Å². The summed E-state index contributed by atoms with van der Waals surface area (Å²) in [4.78, 5) is 34.0. The van der Waals surface area contributed by atoms with Gasteiger partial charge in [-0.05, 0) is 48.7 Å². The number of carbonyl (C=O) groups excluding carboxylic acids is 2. The zero-order valence-electron chi connectivity index (χ0n) is 18.2. The number of amides is 3. The van der Waals surface area contributed by atoms with Crippen molar-refractivity contribution in [3.05, 3.63) is 83.7 Å². The molecule has 34 heavy (non-hydrogen) atoms. The number of nitrogens with two attached hydrogens (primary N) is 1. The van der Waals surface area contributed by atoms with Gasteiger partial charge in [-0.3, -0.25) is 9.79 Å². The average molecular weight is 460 g/mol. The second-order valence-corrected chi connectivity index (χ2v) is 8.31. The highest BCUT2D eigenvalue weighted by Crippen LogP contribution is 2.43. The van der Waals surface area contributed by atoms with Crippen molar-refractivity contribution < 1.29 is 18.6 Å². The Morgan fingerprint density at radius 2 is 1.85 bits per heavy atom. The third-order valence-corrected chi connectivity index (χ3v) is 5.71. The number of rotatable bonds is 6. The van der Waals surface area contributed by atoms with Crippen molar-refractivity contribution in [2.24, 2.45) is 21.7 Å². The molecule has 0 bridgehead atoms. The summed E-state index contributed by atoms with van der Waals surface area (Å²) < 4.78 is 13.0. The summed E-state index contributed by atoms with van der Waals surface area (Å²) >= 11 is 0. The first kappa shape index (κ1) is 21.7. The van der Waals surface area contributed by atoms with Crippen molar-refractivity contribution in [2.45, 2.75) is 19.4 Å². The van der Waals surface area contributed by atoms with Gasteiger partial charge in [-0.25, -0.2) is 9.18 Å². The second-order valence-electron chi connectivity index (χ2n) is 8.31. The predicted molar refractivity (Wildman–Crippen MR) is 127 cm³/mol. The van der Waals surface area contributed by atoms with Gasteiger partial charge in [0, 0.05) is 23.8 Å². The maximum atomic E-state index is 13.3. The van der Waals surface area contributed by atoms with Crippen LogP contribution in [0.2, 0.25) is 0 Å². The molecule has 0 aromatic heterocycles. The van der Waals surface area contributed by atoms with Crippen LogP contribution in [0.15, 0.2) is 82.3 Å². The van der Waals surface area contributed by atoms with Gasteiger partial charge in [0.1, 0.15) is 17.7 Å². The molecule has 3 aliphatic rings. The summed E-state index contributed by atoms with van der Waals surface area (Å²) in [6, 6.07) is 12.2. The zero-order chi connectivity index (χ0) is 23.7. The Labute approximate surface area is 195 Å². The van der Waals surface area contributed by atoms with E-state index in [1.807, 2.05) is 6.07 Å². The van der Waals surface area contributed by atoms with Gasteiger partial charge in [-0.15, -0.1) is 4.59 Å². The number of hydrogen-bond acceptors (Lipinski definition) is 5. The summed E-state index contributed by atoms with van der Waals surface area (Å²) in [6.07, 6.45) is 6.91. The van der Waals surface area contributed by atoms with E-state index in [4.69, 9.17) is 5.84 Å². The SMILES string of the molecule is N[N+]12C=CN=CC1=C(C1CC1)N=C2C(=O)Nc1cccc(CNC(=O)Nc2cccc(F)c2)c1. The summed E-state index contributed by atoms with van der Waals surface area (Å²) in [5.41, 5.74) is 3.20. The van der Waals surface area contributed by atoms with Crippen LogP contribution in [0.3, 0.4) is 0 Å². The summed E-state index contributed by atoms with van der Waals surface area (Å²) in [5.74, 6) is 6.18. The molecule has 1 atom stereocenters. The first-order valence-corrected chi connectivity index (χ1v) is 10.9. The van der Waals surface area contributed by atoms with Gasteiger partial charge >= 0.3 is 17.8 Å². The highest BCUT2D eigenvalue weighted by atomic mass is 19.1. The summed E-state index contributed by atoms with van der Waals surface area (Å²) in [6.45, 7) is 0.208. The second kappa shape index (κ2) is 8.65. The molecule has 1 unspecified atom stereocenters. The fourth-order valence-corrected chi connectivity index (χ4v) is 3.87. The van der Waals surface area contributed by atoms with Crippen LogP contribution in [0, 0.1) is 11.7 Å². The molecule has 10 heteroatoms. The number of urea groups is 1. The van der Waals surface area contributed by atoms with E-state index in [0.717, 1.165) is 29.8 Å². The fraction of sp³-hybridized carbons (Fsp3) is 0.167. The molecule has 1 saturated carbocycles. The zero-order valence-corrected chi connectivity index (χ0v) is 18.2. The molecule has 5 rings (SSSR count). The first-order valence-electron chi connectivity index (χ1n) is 10.9. The number of anilines is 2. The molecule has 5 N–H and O–H groups in total. The van der Waals surface area contributed by atoms with Crippen LogP contribution in [0.4, 0.5) is 20.6 Å². The van der Waals surface area contributed by atoms with Crippen molar-refractivity contribution in [1.82, 2.24) is 5.32 Å². The van der Waals surface area contributed by atoms with Crippen molar-refractivity contribution in [1.29, 1.82) is 0 Å². The van der Waals surface area contributed by atoms with Crippen LogP contribution < -0.4 is 21.8 Å². The molecule has 0 spiro atoms. The fourth-order valence-electron chi connectivity index (χ4n) is 3.87. The van der Waals surface area contributed by atoms with Crippen LogP contribution in [0.1, 0.15) is 18.4 Å². The molecular weight excluding hydrogens is 437 g/mol. The van der Waals surface area contributed by atoms with Gasteiger partial charge < -0.3 is 16.0 Å². The van der Waals surface area contributed by atoms with E-state index in [1.165, 1.54) is 18.2 Å². The minimum Gasteiger partial charge on any atom is -0.334 e. The number of nitrogens with zero attached hydrogens (tertiary/aromatic N) is 3. The minimum atomic E-state index is -0.473. The minimum absolute atomic E-state index is 0.178. The van der Waals surface area contributed by atoms with Crippen LogP contribution in [0.25, 0.3) is 0 Å². The molecule has 2 heterocycles. The Hall–Kier alpha value is -4.15. The highest BCUT2D eigenvalue weighted by molar-refractivity contribution is 6.40. The smallest absolute Gasteiger partial charge is 0.333 e. The predicted octanol–water partition coefficient (Wildman–Crippen LogP) is 3.37.